The molecule has 0 saturated heterocycles. The number of carbonyl (C=O) groups is 1. The van der Waals surface area contributed by atoms with Crippen molar-refractivity contribution in [3.05, 3.63) is 0 Å². The lowest BCUT2D eigenvalue weighted by atomic mass is 10.3. The second-order valence-electron chi connectivity index (χ2n) is 2.14. The van der Waals surface area contributed by atoms with E-state index in [-0.39, 0.29) is 5.75 Å². The van der Waals surface area contributed by atoms with Crippen molar-refractivity contribution in [2.24, 2.45) is 11.5 Å². The molecule has 4 N–H and O–H groups in total. The lowest BCUT2D eigenvalue weighted by Crippen LogP contribution is -2.38. The van der Waals surface area contributed by atoms with Crippen molar-refractivity contribution in [1.82, 2.24) is 0 Å². The molecule has 0 fully saturated rings. The highest BCUT2D eigenvalue weighted by Crippen LogP contribution is 2.20. The molecule has 72 valence electrons. The first-order valence-electron chi connectivity index (χ1n) is 3.02. The van der Waals surface area contributed by atoms with Gasteiger partial charge in [0.05, 0.1) is 11.8 Å². The number of hydrogen-bond donors (Lipinski definition) is 2. The zero-order valence-corrected chi connectivity index (χ0v) is 6.91. The molecule has 0 aromatic heterocycles. The van der Waals surface area contributed by atoms with E-state index in [9.17, 15) is 18.0 Å². The monoisotopic (exact) mass is 202 g/mol. The number of alkyl halides is 3. The van der Waals surface area contributed by atoms with Gasteiger partial charge in [-0.25, -0.2) is 0 Å². The van der Waals surface area contributed by atoms with Crippen LogP contribution in [0.2, 0.25) is 0 Å². The van der Waals surface area contributed by atoms with Crippen LogP contribution in [0, 0.1) is 0 Å². The first-order chi connectivity index (χ1) is 5.33. The lowest BCUT2D eigenvalue weighted by molar-refractivity contribution is -0.118. The third kappa shape index (κ3) is 6.29. The molecule has 1 amide bonds. The molecule has 3 nitrogen and oxygen atoms in total. The van der Waals surface area contributed by atoms with Crippen molar-refractivity contribution in [2.45, 2.75) is 12.2 Å². The average Bonchev–Trinajstić information content (AvgIpc) is 1.84. The van der Waals surface area contributed by atoms with Crippen molar-refractivity contribution in [3.63, 3.8) is 0 Å². The standard InChI is InChI=1S/C5H9F3N2OS/c6-5(7,8)2-12-1-3(9)4(10)11/h3H,1-2,9H2,(H2,10,11). The molecule has 7 heteroatoms. The molecule has 0 aromatic carbocycles. The molecule has 0 aliphatic rings. The van der Waals surface area contributed by atoms with Crippen molar-refractivity contribution >= 4 is 17.7 Å². The smallest absolute Gasteiger partial charge is 0.368 e. The molecule has 0 saturated carbocycles. The SMILES string of the molecule is NC(=O)C(N)CSCC(F)(F)F. The highest BCUT2D eigenvalue weighted by Gasteiger charge is 2.27. The van der Waals surface area contributed by atoms with Crippen molar-refractivity contribution < 1.29 is 18.0 Å². The van der Waals surface area contributed by atoms with Crippen molar-refractivity contribution in [3.8, 4) is 0 Å². The summed E-state index contributed by atoms with van der Waals surface area (Å²) in [6.07, 6.45) is -4.22. The van der Waals surface area contributed by atoms with Crippen LogP contribution in [-0.2, 0) is 4.79 Å². The van der Waals surface area contributed by atoms with E-state index in [0.717, 1.165) is 0 Å². The predicted octanol–water partition coefficient (Wildman–Crippen LogP) is 0.0945. The maximum absolute atomic E-state index is 11.5. The first kappa shape index (κ1) is 11.6. The summed E-state index contributed by atoms with van der Waals surface area (Å²) in [4.78, 5) is 10.3. The van der Waals surface area contributed by atoms with Crippen LogP contribution in [0.4, 0.5) is 13.2 Å². The maximum Gasteiger partial charge on any atom is 0.397 e. The van der Waals surface area contributed by atoms with Crippen LogP contribution < -0.4 is 11.5 Å². The maximum atomic E-state index is 11.5. The highest BCUT2D eigenvalue weighted by atomic mass is 32.2. The Hall–Kier alpha value is -0.430. The Kier molecular flexibility index (Phi) is 4.40. The zero-order valence-electron chi connectivity index (χ0n) is 6.10. The Balaban J connectivity index is 3.51. The van der Waals surface area contributed by atoms with Crippen LogP contribution in [0.5, 0.6) is 0 Å². The van der Waals surface area contributed by atoms with Gasteiger partial charge in [0.2, 0.25) is 5.91 Å². The van der Waals surface area contributed by atoms with E-state index in [1.165, 1.54) is 0 Å². The van der Waals surface area contributed by atoms with Crippen molar-refractivity contribution in [2.75, 3.05) is 11.5 Å². The molecule has 1 atom stereocenters. The summed E-state index contributed by atoms with van der Waals surface area (Å²) in [5.41, 5.74) is 9.81. The second-order valence-corrected chi connectivity index (χ2v) is 3.17. The third-order valence-electron chi connectivity index (χ3n) is 0.929. The molecular formula is C5H9F3N2OS. The van der Waals surface area contributed by atoms with Crippen LogP contribution in [0.3, 0.4) is 0 Å². The van der Waals surface area contributed by atoms with E-state index in [0.29, 0.717) is 11.8 Å². The number of halogens is 3. The molecule has 0 aromatic rings. The number of hydrogen-bond acceptors (Lipinski definition) is 3. The minimum Gasteiger partial charge on any atom is -0.368 e. The lowest BCUT2D eigenvalue weighted by Gasteiger charge is -2.08. The van der Waals surface area contributed by atoms with Crippen LogP contribution in [-0.4, -0.2) is 29.6 Å². The van der Waals surface area contributed by atoms with E-state index in [1.807, 2.05) is 0 Å². The fourth-order valence-electron chi connectivity index (χ4n) is 0.384. The molecular weight excluding hydrogens is 193 g/mol. The van der Waals surface area contributed by atoms with Gasteiger partial charge >= 0.3 is 6.18 Å². The largest absolute Gasteiger partial charge is 0.397 e. The fourth-order valence-corrected chi connectivity index (χ4v) is 1.15. The van der Waals surface area contributed by atoms with E-state index >= 15 is 0 Å². The van der Waals surface area contributed by atoms with Crippen LogP contribution in [0.25, 0.3) is 0 Å². The number of primary amides is 1. The minimum atomic E-state index is -4.22. The Morgan fingerprint density at radius 3 is 2.33 bits per heavy atom. The van der Waals surface area contributed by atoms with Gasteiger partial charge in [0.25, 0.3) is 0 Å². The molecule has 0 bridgehead atoms. The summed E-state index contributed by atoms with van der Waals surface area (Å²) in [7, 11) is 0. The summed E-state index contributed by atoms with van der Waals surface area (Å²) in [5, 5.41) is 0. The molecule has 1 unspecified atom stereocenters. The predicted molar refractivity (Wildman–Crippen MR) is 40.5 cm³/mol. The summed E-state index contributed by atoms with van der Waals surface area (Å²) >= 11 is 0.546. The number of carbonyl (C=O) groups excluding carboxylic acids is 1. The number of amides is 1. The fraction of sp³-hybridized carbons (Fsp3) is 0.800. The Bertz CT molecular complexity index is 161. The van der Waals surface area contributed by atoms with Gasteiger partial charge in [0.15, 0.2) is 0 Å². The summed E-state index contributed by atoms with van der Waals surface area (Å²) in [6.45, 7) is 0. The number of rotatable bonds is 4. The van der Waals surface area contributed by atoms with Gasteiger partial charge in [-0.05, 0) is 0 Å². The third-order valence-corrected chi connectivity index (χ3v) is 2.05. The van der Waals surface area contributed by atoms with E-state index in [1.54, 1.807) is 0 Å². The van der Waals surface area contributed by atoms with Gasteiger partial charge in [-0.1, -0.05) is 0 Å². The zero-order chi connectivity index (χ0) is 9.78. The number of nitrogens with two attached hydrogens (primary N) is 2. The quantitative estimate of drug-likeness (QED) is 0.679. The molecule has 0 spiro atoms. The van der Waals surface area contributed by atoms with E-state index < -0.39 is 23.9 Å². The molecule has 12 heavy (non-hydrogen) atoms. The van der Waals surface area contributed by atoms with Crippen LogP contribution in [0.1, 0.15) is 0 Å². The molecule has 0 heterocycles. The topological polar surface area (TPSA) is 69.1 Å². The summed E-state index contributed by atoms with van der Waals surface area (Å²) in [6, 6.07) is -1.00. The summed E-state index contributed by atoms with van der Waals surface area (Å²) < 4.78 is 34.6. The van der Waals surface area contributed by atoms with Gasteiger partial charge in [0, 0.05) is 5.75 Å². The summed E-state index contributed by atoms with van der Waals surface area (Å²) in [5.74, 6) is -1.90. The van der Waals surface area contributed by atoms with Crippen molar-refractivity contribution in [1.29, 1.82) is 0 Å². The average molecular weight is 202 g/mol. The second kappa shape index (κ2) is 4.56. The Morgan fingerprint density at radius 1 is 1.50 bits per heavy atom. The number of thioether (sulfide) groups is 1. The van der Waals surface area contributed by atoms with Gasteiger partial charge in [-0.15, -0.1) is 0 Å². The van der Waals surface area contributed by atoms with Gasteiger partial charge in [-0.2, -0.15) is 24.9 Å². The van der Waals surface area contributed by atoms with Crippen LogP contribution >= 0.6 is 11.8 Å². The Morgan fingerprint density at radius 2 is 2.00 bits per heavy atom. The van der Waals surface area contributed by atoms with E-state index in [2.05, 4.69) is 0 Å². The van der Waals surface area contributed by atoms with Gasteiger partial charge < -0.3 is 11.5 Å². The van der Waals surface area contributed by atoms with E-state index in [4.69, 9.17) is 11.5 Å². The molecule has 0 radical (unpaired) electrons. The Labute approximate surface area is 71.7 Å². The van der Waals surface area contributed by atoms with Gasteiger partial charge in [0.1, 0.15) is 0 Å². The minimum absolute atomic E-state index is 0.102. The highest BCUT2D eigenvalue weighted by molar-refractivity contribution is 7.99. The van der Waals surface area contributed by atoms with Gasteiger partial charge in [-0.3, -0.25) is 4.79 Å². The molecule has 0 rings (SSSR count). The molecule has 0 aliphatic heterocycles. The normalized spacial score (nSPS) is 14.3. The van der Waals surface area contributed by atoms with Crippen LogP contribution in [0.15, 0.2) is 0 Å². The first-order valence-corrected chi connectivity index (χ1v) is 4.18. The molecule has 0 aliphatic carbocycles.